The normalized spacial score (nSPS) is 13.2. The van der Waals surface area contributed by atoms with Crippen LogP contribution in [0, 0.1) is 0 Å². The highest BCUT2D eigenvalue weighted by molar-refractivity contribution is 5.78. The van der Waals surface area contributed by atoms with Crippen LogP contribution >= 0.6 is 0 Å². The van der Waals surface area contributed by atoms with Crippen LogP contribution in [-0.4, -0.2) is 43.2 Å². The van der Waals surface area contributed by atoms with E-state index in [1.807, 2.05) is 0 Å². The van der Waals surface area contributed by atoms with Crippen molar-refractivity contribution < 1.29 is 23.8 Å². The maximum atomic E-state index is 13.0. The highest BCUT2D eigenvalue weighted by atomic mass is 16.6. The Hall–Kier alpha value is -1.59. The molecule has 6 nitrogen and oxygen atoms in total. The summed E-state index contributed by atoms with van der Waals surface area (Å²) in [5, 5.41) is 0. The average molecular weight is 1030 g/mol. The van der Waals surface area contributed by atoms with Crippen LogP contribution in [0.2, 0.25) is 0 Å². The van der Waals surface area contributed by atoms with E-state index in [2.05, 4.69) is 20.8 Å². The lowest BCUT2D eigenvalue weighted by atomic mass is 10.0. The number of nitrogens with zero attached hydrogens (tertiary/aromatic N) is 1. The number of esters is 2. The molecule has 0 aromatic rings. The Morgan fingerprint density at radius 1 is 0.329 bits per heavy atom. The molecule has 0 fully saturated rings. The fourth-order valence-corrected chi connectivity index (χ4v) is 11.0. The molecule has 1 heterocycles. The molecule has 1 aliphatic heterocycles. The second-order valence-corrected chi connectivity index (χ2v) is 23.6. The van der Waals surface area contributed by atoms with Crippen LogP contribution in [0.15, 0.2) is 4.99 Å². The van der Waals surface area contributed by atoms with Gasteiger partial charge in [-0.1, -0.05) is 348 Å². The van der Waals surface area contributed by atoms with Crippen LogP contribution in [-0.2, 0) is 23.8 Å². The van der Waals surface area contributed by atoms with Gasteiger partial charge in [0, 0.05) is 19.3 Å². The molecular weight excluding hydrogens is 899 g/mol. The van der Waals surface area contributed by atoms with Gasteiger partial charge in [0.15, 0.2) is 11.4 Å². The van der Waals surface area contributed by atoms with E-state index in [-0.39, 0.29) is 25.2 Å². The quantitative estimate of drug-likeness (QED) is 0.0448. The lowest BCUT2D eigenvalue weighted by Crippen LogP contribution is -2.41. The summed E-state index contributed by atoms with van der Waals surface area (Å²) in [5.74, 6) is 0.386. The van der Waals surface area contributed by atoms with Crippen LogP contribution in [0.25, 0.3) is 0 Å². The molecule has 0 saturated heterocycles. The highest BCUT2D eigenvalue weighted by Gasteiger charge is 2.40. The van der Waals surface area contributed by atoms with E-state index >= 15 is 0 Å². The molecule has 0 atom stereocenters. The third kappa shape index (κ3) is 49.7. The first kappa shape index (κ1) is 69.4. The van der Waals surface area contributed by atoms with Gasteiger partial charge in [-0.25, -0.2) is 4.99 Å². The lowest BCUT2D eigenvalue weighted by Gasteiger charge is -2.23. The molecule has 0 N–H and O–H groups in total. The first-order valence-electron chi connectivity index (χ1n) is 33.6. The first-order valence-corrected chi connectivity index (χ1v) is 33.6. The van der Waals surface area contributed by atoms with Crippen molar-refractivity contribution >= 4 is 17.8 Å². The molecular formula is C67H129NO5. The van der Waals surface area contributed by atoms with E-state index in [1.165, 1.54) is 315 Å². The molecule has 6 heteroatoms. The standard InChI is InChI=1S/C67H129NO5/c1-4-7-10-13-16-19-22-25-28-31-33-35-38-41-44-47-50-53-56-59-65(69)72-62-67(61-71-64(68-67)58-55-52-49-46-43-40-37-30-27-24-21-18-15-12-9-6-3)63-73-66(70)60-57-54-51-48-45-42-39-36-34-32-29-26-23-20-17-14-11-8-5-2/h4-63H2,1-3H3. The molecule has 1 rings (SSSR count). The molecule has 0 bridgehead atoms. The Morgan fingerprint density at radius 2 is 0.534 bits per heavy atom. The van der Waals surface area contributed by atoms with Gasteiger partial charge in [-0.05, 0) is 19.3 Å². The second kappa shape index (κ2) is 56.6. The Labute approximate surface area is 456 Å². The zero-order chi connectivity index (χ0) is 52.5. The number of unbranched alkanes of at least 4 members (excludes halogenated alkanes) is 51. The maximum absolute atomic E-state index is 13.0. The Balaban J connectivity index is 2.29. The van der Waals surface area contributed by atoms with Gasteiger partial charge in [-0.3, -0.25) is 9.59 Å². The first-order chi connectivity index (χ1) is 36.0. The zero-order valence-corrected chi connectivity index (χ0v) is 49.9. The van der Waals surface area contributed by atoms with Gasteiger partial charge in [0.2, 0.25) is 0 Å². The monoisotopic (exact) mass is 1030 g/mol. The summed E-state index contributed by atoms with van der Waals surface area (Å²) in [6.07, 6.45) is 74.0. The van der Waals surface area contributed by atoms with Crippen molar-refractivity contribution in [1.29, 1.82) is 0 Å². The van der Waals surface area contributed by atoms with Crippen molar-refractivity contribution in [1.82, 2.24) is 0 Å². The highest BCUT2D eigenvalue weighted by Crippen LogP contribution is 2.25. The van der Waals surface area contributed by atoms with Crippen LogP contribution in [0.3, 0.4) is 0 Å². The molecule has 0 aliphatic carbocycles. The predicted octanol–water partition coefficient (Wildman–Crippen LogP) is 22.5. The maximum Gasteiger partial charge on any atom is 0.305 e. The van der Waals surface area contributed by atoms with E-state index in [0.717, 1.165) is 44.4 Å². The van der Waals surface area contributed by atoms with E-state index in [1.54, 1.807) is 0 Å². The molecule has 1 aliphatic rings. The largest absolute Gasteiger partial charge is 0.478 e. The number of aliphatic imine (C=N–C) groups is 1. The molecule has 0 spiro atoms. The third-order valence-electron chi connectivity index (χ3n) is 16.1. The summed E-state index contributed by atoms with van der Waals surface area (Å²) >= 11 is 0. The Kier molecular flexibility index (Phi) is 53.8. The molecule has 0 aromatic carbocycles. The molecule has 0 amide bonds. The van der Waals surface area contributed by atoms with Gasteiger partial charge in [-0.2, -0.15) is 0 Å². The van der Waals surface area contributed by atoms with E-state index in [9.17, 15) is 9.59 Å². The minimum atomic E-state index is -0.836. The number of hydrogen-bond donors (Lipinski definition) is 0. The van der Waals surface area contributed by atoms with Crippen molar-refractivity contribution in [3.8, 4) is 0 Å². The molecule has 0 saturated carbocycles. The van der Waals surface area contributed by atoms with Gasteiger partial charge in [0.25, 0.3) is 0 Å². The Morgan fingerprint density at radius 3 is 0.767 bits per heavy atom. The van der Waals surface area contributed by atoms with Crippen molar-refractivity contribution in [2.45, 2.75) is 392 Å². The topological polar surface area (TPSA) is 74.2 Å². The fraction of sp³-hybridized carbons (Fsp3) is 0.955. The summed E-state index contributed by atoms with van der Waals surface area (Å²) in [7, 11) is 0. The van der Waals surface area contributed by atoms with Crippen LogP contribution in [0.5, 0.6) is 0 Å². The zero-order valence-electron chi connectivity index (χ0n) is 49.9. The molecule has 0 radical (unpaired) electrons. The number of carbonyl (C=O) groups is 2. The van der Waals surface area contributed by atoms with Gasteiger partial charge < -0.3 is 14.2 Å². The Bertz CT molecular complexity index is 1110. The average Bonchev–Trinajstić information content (AvgIpc) is 3.81. The summed E-state index contributed by atoms with van der Waals surface area (Å²) in [6, 6.07) is 0. The fourth-order valence-electron chi connectivity index (χ4n) is 11.0. The molecule has 432 valence electrons. The summed E-state index contributed by atoms with van der Waals surface area (Å²) in [5.41, 5.74) is -0.836. The van der Waals surface area contributed by atoms with Crippen molar-refractivity contribution in [3.63, 3.8) is 0 Å². The van der Waals surface area contributed by atoms with Gasteiger partial charge in [0.1, 0.15) is 19.8 Å². The molecule has 73 heavy (non-hydrogen) atoms. The van der Waals surface area contributed by atoms with Crippen molar-refractivity contribution in [3.05, 3.63) is 0 Å². The number of ether oxygens (including phenoxy) is 3. The lowest BCUT2D eigenvalue weighted by molar-refractivity contribution is -0.150. The summed E-state index contributed by atoms with van der Waals surface area (Å²) in [4.78, 5) is 30.9. The van der Waals surface area contributed by atoms with E-state index < -0.39 is 5.54 Å². The van der Waals surface area contributed by atoms with E-state index in [0.29, 0.717) is 19.4 Å². The van der Waals surface area contributed by atoms with Crippen LogP contribution in [0.4, 0.5) is 0 Å². The minimum Gasteiger partial charge on any atom is -0.478 e. The van der Waals surface area contributed by atoms with Gasteiger partial charge >= 0.3 is 11.9 Å². The minimum absolute atomic E-state index is 0.111. The van der Waals surface area contributed by atoms with Crippen LogP contribution < -0.4 is 0 Å². The summed E-state index contributed by atoms with van der Waals surface area (Å²) in [6.45, 7) is 7.41. The van der Waals surface area contributed by atoms with Gasteiger partial charge in [0.05, 0.1) is 0 Å². The molecule has 0 unspecified atom stereocenters. The summed E-state index contributed by atoms with van der Waals surface area (Å²) < 4.78 is 17.9. The van der Waals surface area contributed by atoms with Gasteiger partial charge in [-0.15, -0.1) is 0 Å². The predicted molar refractivity (Wildman–Crippen MR) is 318 cm³/mol. The van der Waals surface area contributed by atoms with Crippen LogP contribution in [0.1, 0.15) is 387 Å². The number of carbonyl (C=O) groups excluding carboxylic acids is 2. The van der Waals surface area contributed by atoms with E-state index in [4.69, 9.17) is 19.2 Å². The second-order valence-electron chi connectivity index (χ2n) is 23.6. The SMILES string of the molecule is CCCCCCCCCCCCCCCCCCCCCC(=O)OCC1(COC(=O)CCCCCCCCCCCCCCCCCCCCC)COC(CCCCCCCCCCCCCCCCCC)=N1. The molecule has 0 aromatic heterocycles. The number of hydrogen-bond acceptors (Lipinski definition) is 6. The van der Waals surface area contributed by atoms with Crippen molar-refractivity contribution in [2.24, 2.45) is 4.99 Å². The number of rotatable bonds is 61. The van der Waals surface area contributed by atoms with Crippen molar-refractivity contribution in [2.75, 3.05) is 19.8 Å². The smallest absolute Gasteiger partial charge is 0.305 e. The third-order valence-corrected chi connectivity index (χ3v) is 16.1.